The third kappa shape index (κ3) is 3.53. The SMILES string of the molecule is CCC1CN(C)CCCN1C(CC)c1ccc(O)cc1. The molecular weight excluding hydrogens is 248 g/mol. The molecule has 2 rings (SSSR count). The first-order chi connectivity index (χ1) is 9.65. The van der Waals surface area contributed by atoms with Crippen molar-refractivity contribution in [2.75, 3.05) is 26.7 Å². The largest absolute Gasteiger partial charge is 0.508 e. The van der Waals surface area contributed by atoms with E-state index < -0.39 is 0 Å². The lowest BCUT2D eigenvalue weighted by atomic mass is 9.99. The number of hydrogen-bond donors (Lipinski definition) is 1. The molecule has 1 aliphatic rings. The molecule has 2 atom stereocenters. The molecule has 112 valence electrons. The fourth-order valence-electron chi connectivity index (χ4n) is 3.39. The van der Waals surface area contributed by atoms with E-state index in [2.05, 4.69) is 42.8 Å². The molecule has 1 saturated heterocycles. The van der Waals surface area contributed by atoms with Crippen LogP contribution in [0, 0.1) is 0 Å². The monoisotopic (exact) mass is 276 g/mol. The smallest absolute Gasteiger partial charge is 0.115 e. The molecular formula is C17H28N2O. The molecule has 1 N–H and O–H groups in total. The van der Waals surface area contributed by atoms with Gasteiger partial charge >= 0.3 is 0 Å². The van der Waals surface area contributed by atoms with Crippen molar-refractivity contribution in [2.45, 2.75) is 45.2 Å². The minimum Gasteiger partial charge on any atom is -0.508 e. The third-order valence-corrected chi connectivity index (χ3v) is 4.48. The summed E-state index contributed by atoms with van der Waals surface area (Å²) in [5, 5.41) is 9.48. The predicted molar refractivity (Wildman–Crippen MR) is 84.0 cm³/mol. The lowest BCUT2D eigenvalue weighted by molar-refractivity contribution is 0.124. The molecule has 0 aromatic heterocycles. The maximum Gasteiger partial charge on any atom is 0.115 e. The molecule has 0 amide bonds. The number of aromatic hydroxyl groups is 1. The molecule has 0 spiro atoms. The number of hydrogen-bond acceptors (Lipinski definition) is 3. The molecule has 1 fully saturated rings. The van der Waals surface area contributed by atoms with Crippen LogP contribution >= 0.6 is 0 Å². The Balaban J connectivity index is 2.21. The van der Waals surface area contributed by atoms with Gasteiger partial charge < -0.3 is 10.0 Å². The average molecular weight is 276 g/mol. The van der Waals surface area contributed by atoms with Gasteiger partial charge in [-0.2, -0.15) is 0 Å². The van der Waals surface area contributed by atoms with E-state index >= 15 is 0 Å². The van der Waals surface area contributed by atoms with Crippen LogP contribution in [0.2, 0.25) is 0 Å². The number of benzene rings is 1. The second-order valence-corrected chi connectivity index (χ2v) is 5.93. The standard InChI is InChI=1S/C17H28N2O/c1-4-15-13-18(3)11-6-12-19(15)17(5-2)14-7-9-16(20)10-8-14/h7-10,15,17,20H,4-6,11-13H2,1-3H3. The maximum absolute atomic E-state index is 9.48. The highest BCUT2D eigenvalue weighted by atomic mass is 16.3. The second-order valence-electron chi connectivity index (χ2n) is 5.93. The van der Waals surface area contributed by atoms with E-state index in [-0.39, 0.29) is 0 Å². The summed E-state index contributed by atoms with van der Waals surface area (Å²) in [4.78, 5) is 5.13. The summed E-state index contributed by atoms with van der Waals surface area (Å²) in [5.41, 5.74) is 1.33. The van der Waals surface area contributed by atoms with Crippen LogP contribution in [-0.4, -0.2) is 47.6 Å². The summed E-state index contributed by atoms with van der Waals surface area (Å²) < 4.78 is 0. The van der Waals surface area contributed by atoms with Crippen LogP contribution in [0.15, 0.2) is 24.3 Å². The van der Waals surface area contributed by atoms with Crippen LogP contribution in [0.25, 0.3) is 0 Å². The van der Waals surface area contributed by atoms with Gasteiger partial charge in [0.05, 0.1) is 0 Å². The topological polar surface area (TPSA) is 26.7 Å². The molecule has 0 radical (unpaired) electrons. The van der Waals surface area contributed by atoms with Gasteiger partial charge in [-0.1, -0.05) is 26.0 Å². The van der Waals surface area contributed by atoms with Gasteiger partial charge in [0.2, 0.25) is 0 Å². The molecule has 1 aromatic rings. The van der Waals surface area contributed by atoms with Crippen LogP contribution in [0.4, 0.5) is 0 Å². The van der Waals surface area contributed by atoms with E-state index in [1.165, 1.54) is 31.5 Å². The molecule has 1 aliphatic heterocycles. The molecule has 1 aromatic carbocycles. The Morgan fingerprint density at radius 3 is 2.50 bits per heavy atom. The Bertz CT molecular complexity index is 404. The molecule has 0 aliphatic carbocycles. The third-order valence-electron chi connectivity index (χ3n) is 4.48. The summed E-state index contributed by atoms with van der Waals surface area (Å²) in [6, 6.07) is 8.86. The van der Waals surface area contributed by atoms with E-state index in [0.717, 1.165) is 13.0 Å². The van der Waals surface area contributed by atoms with Crippen LogP contribution in [0.3, 0.4) is 0 Å². The van der Waals surface area contributed by atoms with Gasteiger partial charge in [-0.25, -0.2) is 0 Å². The van der Waals surface area contributed by atoms with E-state index in [0.29, 0.717) is 17.8 Å². The zero-order valence-corrected chi connectivity index (χ0v) is 13.0. The first-order valence-corrected chi connectivity index (χ1v) is 7.88. The minimum atomic E-state index is 0.353. The Hall–Kier alpha value is -1.06. The lowest BCUT2D eigenvalue weighted by Gasteiger charge is -2.37. The highest BCUT2D eigenvalue weighted by molar-refractivity contribution is 5.28. The quantitative estimate of drug-likeness (QED) is 0.914. The van der Waals surface area contributed by atoms with E-state index in [1.807, 2.05) is 12.1 Å². The summed E-state index contributed by atoms with van der Waals surface area (Å²) in [7, 11) is 2.23. The maximum atomic E-state index is 9.48. The normalized spacial score (nSPS) is 23.4. The highest BCUT2D eigenvalue weighted by Gasteiger charge is 2.28. The van der Waals surface area contributed by atoms with Crippen molar-refractivity contribution >= 4 is 0 Å². The molecule has 0 bridgehead atoms. The first-order valence-electron chi connectivity index (χ1n) is 7.88. The summed E-state index contributed by atoms with van der Waals surface area (Å²) >= 11 is 0. The zero-order chi connectivity index (χ0) is 14.5. The first kappa shape index (κ1) is 15.3. The van der Waals surface area contributed by atoms with Crippen LogP contribution in [0.1, 0.15) is 44.7 Å². The Kier molecular flexibility index (Phi) is 5.44. The van der Waals surface area contributed by atoms with Gasteiger partial charge in [-0.15, -0.1) is 0 Å². The predicted octanol–water partition coefficient (Wildman–Crippen LogP) is 3.26. The second kappa shape index (κ2) is 7.09. The molecule has 2 unspecified atom stereocenters. The minimum absolute atomic E-state index is 0.353. The lowest BCUT2D eigenvalue weighted by Crippen LogP contribution is -2.41. The fourth-order valence-corrected chi connectivity index (χ4v) is 3.39. The van der Waals surface area contributed by atoms with Crippen molar-refractivity contribution < 1.29 is 5.11 Å². The Labute approximate surface area is 123 Å². The van der Waals surface area contributed by atoms with Crippen molar-refractivity contribution in [3.05, 3.63) is 29.8 Å². The fraction of sp³-hybridized carbons (Fsp3) is 0.647. The van der Waals surface area contributed by atoms with E-state index in [4.69, 9.17) is 0 Å². The van der Waals surface area contributed by atoms with Crippen molar-refractivity contribution in [2.24, 2.45) is 0 Å². The van der Waals surface area contributed by atoms with Gasteiger partial charge in [0.25, 0.3) is 0 Å². The van der Waals surface area contributed by atoms with Crippen LogP contribution in [0.5, 0.6) is 5.75 Å². The van der Waals surface area contributed by atoms with Gasteiger partial charge in [0.15, 0.2) is 0 Å². The zero-order valence-electron chi connectivity index (χ0n) is 13.0. The number of likely N-dealkylation sites (N-methyl/N-ethyl adjacent to an activating group) is 1. The molecule has 0 saturated carbocycles. The van der Waals surface area contributed by atoms with Crippen molar-refractivity contribution in [3.63, 3.8) is 0 Å². The van der Waals surface area contributed by atoms with E-state index in [1.54, 1.807) is 0 Å². The van der Waals surface area contributed by atoms with Crippen molar-refractivity contribution in [3.8, 4) is 5.75 Å². The molecule has 20 heavy (non-hydrogen) atoms. The number of phenolic OH excluding ortho intramolecular Hbond substituents is 1. The molecule has 3 nitrogen and oxygen atoms in total. The van der Waals surface area contributed by atoms with Gasteiger partial charge in [-0.3, -0.25) is 4.90 Å². The Morgan fingerprint density at radius 1 is 1.20 bits per heavy atom. The molecule has 1 heterocycles. The summed E-state index contributed by atoms with van der Waals surface area (Å²) in [6.07, 6.45) is 3.55. The van der Waals surface area contributed by atoms with Crippen molar-refractivity contribution in [1.82, 2.24) is 9.80 Å². The Morgan fingerprint density at radius 2 is 1.90 bits per heavy atom. The van der Waals surface area contributed by atoms with E-state index in [9.17, 15) is 5.11 Å². The van der Waals surface area contributed by atoms with Gasteiger partial charge in [-0.05, 0) is 50.6 Å². The van der Waals surface area contributed by atoms with Gasteiger partial charge in [0.1, 0.15) is 5.75 Å². The number of nitrogens with zero attached hydrogens (tertiary/aromatic N) is 2. The highest BCUT2D eigenvalue weighted by Crippen LogP contribution is 2.30. The number of rotatable bonds is 4. The summed E-state index contributed by atoms with van der Waals surface area (Å²) in [5.74, 6) is 0.353. The van der Waals surface area contributed by atoms with Crippen molar-refractivity contribution in [1.29, 1.82) is 0 Å². The summed E-state index contributed by atoms with van der Waals surface area (Å²) in [6.45, 7) is 8.07. The van der Waals surface area contributed by atoms with Crippen LogP contribution in [-0.2, 0) is 0 Å². The van der Waals surface area contributed by atoms with Crippen LogP contribution < -0.4 is 0 Å². The number of phenols is 1. The van der Waals surface area contributed by atoms with Gasteiger partial charge in [0, 0.05) is 25.2 Å². The molecule has 3 heteroatoms. The average Bonchev–Trinajstić information content (AvgIpc) is 2.63.